The van der Waals surface area contributed by atoms with Crippen LogP contribution in [0.15, 0.2) is 0 Å². The lowest BCUT2D eigenvalue weighted by atomic mass is 10.00. The van der Waals surface area contributed by atoms with Crippen LogP contribution < -0.4 is 0 Å². The van der Waals surface area contributed by atoms with Crippen LogP contribution in [0.1, 0.15) is 363 Å². The molecule has 0 aromatic rings. The Balaban J connectivity index is 5.22. The van der Waals surface area contributed by atoms with E-state index in [0.717, 1.165) is 102 Å². The topological polar surface area (TPSA) is 237 Å². The zero-order valence-electron chi connectivity index (χ0n) is 58.4. The number of aliphatic hydroxyl groups excluding tert-OH is 1. The highest BCUT2D eigenvalue weighted by atomic mass is 31.2. The first-order valence-electron chi connectivity index (χ1n) is 37.0. The minimum Gasteiger partial charge on any atom is -0.462 e. The van der Waals surface area contributed by atoms with Gasteiger partial charge in [0, 0.05) is 25.7 Å². The summed E-state index contributed by atoms with van der Waals surface area (Å²) in [4.78, 5) is 72.5. The van der Waals surface area contributed by atoms with Gasteiger partial charge in [-0.2, -0.15) is 0 Å². The Hall–Kier alpha value is -1.94. The van der Waals surface area contributed by atoms with Gasteiger partial charge >= 0.3 is 39.5 Å². The van der Waals surface area contributed by atoms with E-state index >= 15 is 0 Å². The Morgan fingerprint density at radius 1 is 0.322 bits per heavy atom. The summed E-state index contributed by atoms with van der Waals surface area (Å²) in [6.45, 7) is 9.52. The standard InChI is InChI=1S/C71H138O17P2/c1-7-10-12-14-16-18-19-23-27-31-35-42-48-54-69(74)82-59-66(87-70(75)55-49-43-36-32-28-25-22-20-21-24-26-30-33-39-45-51-63(4)5)61-85-89(77,78)83-57-65(72)58-84-90(79,80)86-62-67(60-81-68(73)53-47-41-34-29-17-15-13-11-8-2)88-71(76)56-50-44-38-37-40-46-52-64(6)9-3/h63-67,72H,7-62H2,1-6H3,(H,77,78)(H,79,80)/t64?,65-,66-,67-/m1/s1. The monoisotopic (exact) mass is 1320 g/mol. The summed E-state index contributed by atoms with van der Waals surface area (Å²) in [5.41, 5.74) is 0. The molecule has 0 aliphatic heterocycles. The molecule has 0 fully saturated rings. The van der Waals surface area contributed by atoms with Gasteiger partial charge in [-0.1, -0.05) is 311 Å². The van der Waals surface area contributed by atoms with E-state index in [-0.39, 0.29) is 25.7 Å². The lowest BCUT2D eigenvalue weighted by Gasteiger charge is -2.21. The number of carbonyl (C=O) groups excluding carboxylic acids is 4. The molecule has 19 heteroatoms. The van der Waals surface area contributed by atoms with Gasteiger partial charge in [0.1, 0.15) is 19.3 Å². The van der Waals surface area contributed by atoms with E-state index in [0.29, 0.717) is 25.7 Å². The molecule has 0 aromatic carbocycles. The van der Waals surface area contributed by atoms with Crippen molar-refractivity contribution in [3.05, 3.63) is 0 Å². The first kappa shape index (κ1) is 88.1. The van der Waals surface area contributed by atoms with Gasteiger partial charge in [-0.05, 0) is 37.5 Å². The summed E-state index contributed by atoms with van der Waals surface area (Å²) in [6, 6.07) is 0. The molecule has 0 aliphatic rings. The molecule has 0 saturated heterocycles. The number of phosphoric ester groups is 2. The highest BCUT2D eigenvalue weighted by molar-refractivity contribution is 7.47. The van der Waals surface area contributed by atoms with Crippen molar-refractivity contribution in [2.75, 3.05) is 39.6 Å². The van der Waals surface area contributed by atoms with Crippen LogP contribution in [0.25, 0.3) is 0 Å². The molecule has 3 N–H and O–H groups in total. The number of unbranched alkanes of at least 4 members (excludes halogenated alkanes) is 39. The molecule has 0 heterocycles. The third kappa shape index (κ3) is 63.5. The van der Waals surface area contributed by atoms with Crippen LogP contribution in [0.5, 0.6) is 0 Å². The van der Waals surface area contributed by atoms with Gasteiger partial charge in [-0.15, -0.1) is 0 Å². The lowest BCUT2D eigenvalue weighted by Crippen LogP contribution is -2.30. The molecule has 0 saturated carbocycles. The molecular formula is C71H138O17P2. The van der Waals surface area contributed by atoms with Crippen molar-refractivity contribution >= 4 is 39.5 Å². The van der Waals surface area contributed by atoms with Crippen molar-refractivity contribution in [1.29, 1.82) is 0 Å². The Morgan fingerprint density at radius 3 is 0.844 bits per heavy atom. The van der Waals surface area contributed by atoms with Crippen molar-refractivity contribution in [3.8, 4) is 0 Å². The second-order valence-electron chi connectivity index (χ2n) is 26.3. The fourth-order valence-corrected chi connectivity index (χ4v) is 12.3. The Kier molecular flexibility index (Phi) is 61.8. The molecule has 0 rings (SSSR count). The largest absolute Gasteiger partial charge is 0.472 e. The molecule has 534 valence electrons. The highest BCUT2D eigenvalue weighted by Crippen LogP contribution is 2.45. The van der Waals surface area contributed by atoms with E-state index in [1.807, 2.05) is 0 Å². The third-order valence-electron chi connectivity index (χ3n) is 16.8. The molecular weight excluding hydrogens is 1190 g/mol. The molecule has 3 unspecified atom stereocenters. The van der Waals surface area contributed by atoms with Crippen LogP contribution in [0.2, 0.25) is 0 Å². The minimum atomic E-state index is -4.95. The SMILES string of the molecule is CCCCCCCCCCCCCCCC(=O)OC[C@H](COP(=O)(O)OC[C@@H](O)COP(=O)(O)OC[C@@H](COC(=O)CCCCCCCCCCC)OC(=O)CCCCCCCCC(C)CC)OC(=O)CCCCCCCCCCCCCCCCCC(C)C. The molecule has 0 radical (unpaired) electrons. The summed E-state index contributed by atoms with van der Waals surface area (Å²) in [5.74, 6) is -0.602. The van der Waals surface area contributed by atoms with Crippen molar-refractivity contribution < 1.29 is 80.2 Å². The van der Waals surface area contributed by atoms with Crippen LogP contribution in [0.4, 0.5) is 0 Å². The Bertz CT molecular complexity index is 1750. The van der Waals surface area contributed by atoms with Crippen LogP contribution >= 0.6 is 15.6 Å². The number of hydrogen-bond donors (Lipinski definition) is 3. The van der Waals surface area contributed by atoms with Gasteiger partial charge in [-0.3, -0.25) is 37.3 Å². The van der Waals surface area contributed by atoms with E-state index in [4.69, 9.17) is 37.0 Å². The fraction of sp³-hybridized carbons (Fsp3) is 0.944. The summed E-state index contributed by atoms with van der Waals surface area (Å²) >= 11 is 0. The fourth-order valence-electron chi connectivity index (χ4n) is 10.7. The van der Waals surface area contributed by atoms with Crippen LogP contribution in [0.3, 0.4) is 0 Å². The van der Waals surface area contributed by atoms with Gasteiger partial charge in [0.05, 0.1) is 26.4 Å². The summed E-state index contributed by atoms with van der Waals surface area (Å²) < 4.78 is 68.3. The molecule has 0 spiro atoms. The zero-order valence-corrected chi connectivity index (χ0v) is 60.2. The van der Waals surface area contributed by atoms with Gasteiger partial charge < -0.3 is 33.8 Å². The molecule has 6 atom stereocenters. The van der Waals surface area contributed by atoms with E-state index in [2.05, 4.69) is 41.5 Å². The van der Waals surface area contributed by atoms with Crippen molar-refractivity contribution in [2.45, 2.75) is 381 Å². The summed E-state index contributed by atoms with van der Waals surface area (Å²) in [6.07, 6.45) is 48.6. The molecule has 0 aromatic heterocycles. The number of rotatable bonds is 70. The highest BCUT2D eigenvalue weighted by Gasteiger charge is 2.30. The second kappa shape index (κ2) is 63.1. The smallest absolute Gasteiger partial charge is 0.462 e. The van der Waals surface area contributed by atoms with Crippen LogP contribution in [-0.4, -0.2) is 96.7 Å². The van der Waals surface area contributed by atoms with E-state index < -0.39 is 97.5 Å². The second-order valence-corrected chi connectivity index (χ2v) is 29.3. The first-order chi connectivity index (χ1) is 43.4. The maximum absolute atomic E-state index is 13.0. The number of carbonyl (C=O) groups is 4. The predicted octanol–water partition coefficient (Wildman–Crippen LogP) is 20.4. The molecule has 0 amide bonds. The maximum Gasteiger partial charge on any atom is 0.472 e. The number of hydrogen-bond acceptors (Lipinski definition) is 15. The normalized spacial score (nSPS) is 14.4. The zero-order chi connectivity index (χ0) is 66.5. The third-order valence-corrected chi connectivity index (χ3v) is 18.7. The van der Waals surface area contributed by atoms with E-state index in [1.54, 1.807) is 0 Å². The van der Waals surface area contributed by atoms with Gasteiger partial charge in [0.15, 0.2) is 12.2 Å². The molecule has 17 nitrogen and oxygen atoms in total. The Morgan fingerprint density at radius 2 is 0.567 bits per heavy atom. The number of ether oxygens (including phenoxy) is 4. The lowest BCUT2D eigenvalue weighted by molar-refractivity contribution is -0.161. The molecule has 0 aliphatic carbocycles. The minimum absolute atomic E-state index is 0.103. The van der Waals surface area contributed by atoms with Crippen LogP contribution in [-0.2, 0) is 65.4 Å². The summed E-state index contributed by atoms with van der Waals surface area (Å²) in [7, 11) is -9.90. The molecule has 0 bridgehead atoms. The maximum atomic E-state index is 13.0. The quantitative estimate of drug-likeness (QED) is 0.0222. The van der Waals surface area contributed by atoms with Gasteiger partial charge in [0.2, 0.25) is 0 Å². The van der Waals surface area contributed by atoms with Crippen molar-refractivity contribution in [3.63, 3.8) is 0 Å². The predicted molar refractivity (Wildman–Crippen MR) is 363 cm³/mol. The van der Waals surface area contributed by atoms with Crippen LogP contribution in [0, 0.1) is 11.8 Å². The summed E-state index contributed by atoms with van der Waals surface area (Å²) in [5, 5.41) is 10.6. The van der Waals surface area contributed by atoms with Crippen molar-refractivity contribution in [1.82, 2.24) is 0 Å². The average Bonchev–Trinajstić information content (AvgIpc) is 3.58. The Labute approximate surface area is 549 Å². The number of aliphatic hydroxyl groups is 1. The van der Waals surface area contributed by atoms with Gasteiger partial charge in [0.25, 0.3) is 0 Å². The van der Waals surface area contributed by atoms with E-state index in [1.165, 1.54) is 180 Å². The average molecular weight is 1330 g/mol. The number of phosphoric acid groups is 2. The first-order valence-corrected chi connectivity index (χ1v) is 40.0. The number of esters is 4. The van der Waals surface area contributed by atoms with E-state index in [9.17, 15) is 43.2 Å². The van der Waals surface area contributed by atoms with Gasteiger partial charge in [-0.25, -0.2) is 9.13 Å². The molecule has 90 heavy (non-hydrogen) atoms. The van der Waals surface area contributed by atoms with Crippen molar-refractivity contribution in [2.24, 2.45) is 11.8 Å².